The highest BCUT2D eigenvalue weighted by molar-refractivity contribution is 5.91. The highest BCUT2D eigenvalue weighted by Crippen LogP contribution is 2.11. The van der Waals surface area contributed by atoms with E-state index in [2.05, 4.69) is 19.9 Å². The zero-order chi connectivity index (χ0) is 13.9. The standard InChI is InChI=1S/C13H16N6O/c1-17-6-5-14-11(17)12(20)18-7-9-19(10-8-18)13-15-3-2-4-16-13/h2-6H,7-10H2,1H3. The van der Waals surface area contributed by atoms with Crippen molar-refractivity contribution >= 4 is 11.9 Å². The van der Waals surface area contributed by atoms with Crippen molar-refractivity contribution in [2.75, 3.05) is 31.1 Å². The number of aryl methyl sites for hydroxylation is 1. The summed E-state index contributed by atoms with van der Waals surface area (Å²) in [6.45, 7) is 2.79. The number of carbonyl (C=O) groups is 1. The minimum absolute atomic E-state index is 0.0221. The fourth-order valence-electron chi connectivity index (χ4n) is 2.28. The number of piperazine rings is 1. The van der Waals surface area contributed by atoms with Crippen LogP contribution in [0.25, 0.3) is 0 Å². The minimum Gasteiger partial charge on any atom is -0.337 e. The summed E-state index contributed by atoms with van der Waals surface area (Å²) >= 11 is 0. The van der Waals surface area contributed by atoms with Crippen molar-refractivity contribution in [2.45, 2.75) is 0 Å². The van der Waals surface area contributed by atoms with Gasteiger partial charge in [-0.1, -0.05) is 0 Å². The topological polar surface area (TPSA) is 67.2 Å². The van der Waals surface area contributed by atoms with E-state index in [1.54, 1.807) is 35.4 Å². The van der Waals surface area contributed by atoms with Crippen LogP contribution in [0.4, 0.5) is 5.95 Å². The first-order valence-electron chi connectivity index (χ1n) is 6.54. The lowest BCUT2D eigenvalue weighted by Gasteiger charge is -2.34. The van der Waals surface area contributed by atoms with Gasteiger partial charge in [0.1, 0.15) is 0 Å². The maximum atomic E-state index is 12.3. The van der Waals surface area contributed by atoms with E-state index >= 15 is 0 Å². The van der Waals surface area contributed by atoms with Crippen LogP contribution >= 0.6 is 0 Å². The molecular weight excluding hydrogens is 256 g/mol. The zero-order valence-electron chi connectivity index (χ0n) is 11.3. The molecule has 3 heterocycles. The summed E-state index contributed by atoms with van der Waals surface area (Å²) in [7, 11) is 1.83. The Bertz CT molecular complexity index is 588. The van der Waals surface area contributed by atoms with Crippen molar-refractivity contribution in [2.24, 2.45) is 7.05 Å². The number of amides is 1. The first-order chi connectivity index (χ1) is 9.75. The minimum atomic E-state index is -0.0221. The van der Waals surface area contributed by atoms with Crippen LogP contribution in [0, 0.1) is 0 Å². The second-order valence-electron chi connectivity index (χ2n) is 4.69. The van der Waals surface area contributed by atoms with E-state index < -0.39 is 0 Å². The molecule has 0 atom stereocenters. The molecule has 3 rings (SSSR count). The smallest absolute Gasteiger partial charge is 0.289 e. The molecule has 0 spiro atoms. The van der Waals surface area contributed by atoms with Crippen LogP contribution in [-0.4, -0.2) is 56.5 Å². The van der Waals surface area contributed by atoms with Crippen molar-refractivity contribution in [3.05, 3.63) is 36.7 Å². The number of rotatable bonds is 2. The van der Waals surface area contributed by atoms with Gasteiger partial charge in [0.2, 0.25) is 5.95 Å². The van der Waals surface area contributed by atoms with Crippen LogP contribution in [0.5, 0.6) is 0 Å². The van der Waals surface area contributed by atoms with Gasteiger partial charge in [-0.25, -0.2) is 15.0 Å². The first kappa shape index (κ1) is 12.6. The molecule has 1 aliphatic rings. The summed E-state index contributed by atoms with van der Waals surface area (Å²) in [4.78, 5) is 28.8. The van der Waals surface area contributed by atoms with Crippen molar-refractivity contribution in [3.8, 4) is 0 Å². The normalized spacial score (nSPS) is 15.4. The van der Waals surface area contributed by atoms with Crippen molar-refractivity contribution in [1.82, 2.24) is 24.4 Å². The van der Waals surface area contributed by atoms with Gasteiger partial charge in [0.25, 0.3) is 5.91 Å². The Morgan fingerprint density at radius 2 is 1.75 bits per heavy atom. The molecule has 2 aromatic rings. The molecule has 1 aliphatic heterocycles. The highest BCUT2D eigenvalue weighted by atomic mass is 16.2. The lowest BCUT2D eigenvalue weighted by Crippen LogP contribution is -2.49. The van der Waals surface area contributed by atoms with Crippen LogP contribution in [0.1, 0.15) is 10.6 Å². The van der Waals surface area contributed by atoms with Gasteiger partial charge in [-0.3, -0.25) is 4.79 Å². The van der Waals surface area contributed by atoms with Gasteiger partial charge < -0.3 is 14.4 Å². The number of hydrogen-bond acceptors (Lipinski definition) is 5. The Kier molecular flexibility index (Phi) is 3.32. The van der Waals surface area contributed by atoms with Crippen LogP contribution in [0.2, 0.25) is 0 Å². The molecule has 0 aromatic carbocycles. The Hall–Kier alpha value is -2.44. The van der Waals surface area contributed by atoms with Gasteiger partial charge in [-0.2, -0.15) is 0 Å². The largest absolute Gasteiger partial charge is 0.337 e. The summed E-state index contributed by atoms with van der Waals surface area (Å²) in [6.07, 6.45) is 6.88. The Labute approximate surface area is 116 Å². The molecule has 104 valence electrons. The van der Waals surface area contributed by atoms with Crippen LogP contribution < -0.4 is 4.90 Å². The quantitative estimate of drug-likeness (QED) is 0.780. The van der Waals surface area contributed by atoms with Gasteiger partial charge in [0.15, 0.2) is 5.82 Å². The van der Waals surface area contributed by atoms with Crippen molar-refractivity contribution in [1.29, 1.82) is 0 Å². The molecule has 7 heteroatoms. The summed E-state index contributed by atoms with van der Waals surface area (Å²) in [5.74, 6) is 1.18. The molecule has 7 nitrogen and oxygen atoms in total. The molecule has 20 heavy (non-hydrogen) atoms. The summed E-state index contributed by atoms with van der Waals surface area (Å²) in [5.41, 5.74) is 0. The SMILES string of the molecule is Cn1ccnc1C(=O)N1CCN(c2ncccn2)CC1. The summed E-state index contributed by atoms with van der Waals surface area (Å²) < 4.78 is 1.75. The molecule has 1 amide bonds. The van der Waals surface area contributed by atoms with Gasteiger partial charge in [-0.15, -0.1) is 0 Å². The Morgan fingerprint density at radius 1 is 1.05 bits per heavy atom. The molecule has 1 fully saturated rings. The van der Waals surface area contributed by atoms with Crippen LogP contribution in [-0.2, 0) is 7.05 Å². The second kappa shape index (κ2) is 5.28. The Balaban J connectivity index is 1.64. The third-order valence-corrected chi connectivity index (χ3v) is 3.41. The number of imidazole rings is 1. The Morgan fingerprint density at radius 3 is 2.35 bits per heavy atom. The number of nitrogens with zero attached hydrogens (tertiary/aromatic N) is 6. The van der Waals surface area contributed by atoms with Crippen LogP contribution in [0.3, 0.4) is 0 Å². The fraction of sp³-hybridized carbons (Fsp3) is 0.385. The third-order valence-electron chi connectivity index (χ3n) is 3.41. The predicted molar refractivity (Wildman–Crippen MR) is 73.4 cm³/mol. The molecule has 2 aromatic heterocycles. The molecule has 0 N–H and O–H groups in total. The van der Waals surface area contributed by atoms with Crippen molar-refractivity contribution in [3.63, 3.8) is 0 Å². The predicted octanol–water partition coefficient (Wildman–Crippen LogP) is 0.172. The molecule has 0 aliphatic carbocycles. The van der Waals surface area contributed by atoms with Crippen molar-refractivity contribution < 1.29 is 4.79 Å². The lowest BCUT2D eigenvalue weighted by molar-refractivity contribution is 0.0730. The maximum Gasteiger partial charge on any atom is 0.289 e. The number of hydrogen-bond donors (Lipinski definition) is 0. The van der Waals surface area contributed by atoms with E-state index in [9.17, 15) is 4.79 Å². The molecule has 1 saturated heterocycles. The van der Waals surface area contributed by atoms with Gasteiger partial charge in [-0.05, 0) is 6.07 Å². The highest BCUT2D eigenvalue weighted by Gasteiger charge is 2.25. The van der Waals surface area contributed by atoms with E-state index in [-0.39, 0.29) is 5.91 Å². The van der Waals surface area contributed by atoms with Crippen LogP contribution in [0.15, 0.2) is 30.9 Å². The van der Waals surface area contributed by atoms with E-state index in [1.165, 1.54) is 0 Å². The monoisotopic (exact) mass is 272 g/mol. The average Bonchev–Trinajstić information content (AvgIpc) is 2.94. The molecular formula is C13H16N6O. The van der Waals surface area contributed by atoms with E-state index in [0.717, 1.165) is 19.0 Å². The lowest BCUT2D eigenvalue weighted by atomic mass is 10.3. The third kappa shape index (κ3) is 2.34. The molecule has 0 bridgehead atoms. The van der Waals surface area contributed by atoms with Gasteiger partial charge in [0, 0.05) is 58.0 Å². The number of aromatic nitrogens is 4. The number of anilines is 1. The first-order valence-corrected chi connectivity index (χ1v) is 6.54. The van der Waals surface area contributed by atoms with E-state index in [0.29, 0.717) is 18.9 Å². The number of carbonyl (C=O) groups excluding carboxylic acids is 1. The van der Waals surface area contributed by atoms with Gasteiger partial charge in [0.05, 0.1) is 0 Å². The van der Waals surface area contributed by atoms with E-state index in [1.807, 2.05) is 11.9 Å². The van der Waals surface area contributed by atoms with E-state index in [4.69, 9.17) is 0 Å². The fourth-order valence-corrected chi connectivity index (χ4v) is 2.28. The second-order valence-corrected chi connectivity index (χ2v) is 4.69. The zero-order valence-corrected chi connectivity index (χ0v) is 11.3. The van der Waals surface area contributed by atoms with Gasteiger partial charge >= 0.3 is 0 Å². The molecule has 0 unspecified atom stereocenters. The summed E-state index contributed by atoms with van der Waals surface area (Å²) in [5, 5.41) is 0. The molecule has 0 radical (unpaired) electrons. The average molecular weight is 272 g/mol. The summed E-state index contributed by atoms with van der Waals surface area (Å²) in [6, 6.07) is 1.80. The molecule has 0 saturated carbocycles. The maximum absolute atomic E-state index is 12.3.